The second-order valence-electron chi connectivity index (χ2n) is 6.56. The van der Waals surface area contributed by atoms with E-state index < -0.39 is 5.54 Å². The Kier molecular flexibility index (Phi) is 3.68. The standard InChI is InChI=1S/C17H19N3O3S/c1-11-5-2-3-7-17(11)15(21)20(16(22)19-17)9-12-10-23-14(18-12)13-6-4-8-24-13/h4,6,8,10-11H,2-3,5,7,9H2,1H3,(H,19,22)/t11-,17+/m1/s1. The maximum Gasteiger partial charge on any atom is 0.325 e. The van der Waals surface area contributed by atoms with Crippen LogP contribution in [0.1, 0.15) is 38.3 Å². The molecule has 2 fully saturated rings. The van der Waals surface area contributed by atoms with Crippen molar-refractivity contribution in [2.45, 2.75) is 44.7 Å². The molecule has 0 bridgehead atoms. The maximum absolute atomic E-state index is 12.9. The zero-order valence-corrected chi connectivity index (χ0v) is 14.3. The fraction of sp³-hybridized carbons (Fsp3) is 0.471. The van der Waals surface area contributed by atoms with Crippen LogP contribution in [0.5, 0.6) is 0 Å². The summed E-state index contributed by atoms with van der Waals surface area (Å²) < 4.78 is 5.48. The minimum Gasteiger partial charge on any atom is -0.443 e. The predicted molar refractivity (Wildman–Crippen MR) is 89.3 cm³/mol. The van der Waals surface area contributed by atoms with Gasteiger partial charge in [0.15, 0.2) is 0 Å². The first-order chi connectivity index (χ1) is 11.6. The van der Waals surface area contributed by atoms with Gasteiger partial charge in [-0.15, -0.1) is 11.3 Å². The zero-order chi connectivity index (χ0) is 16.7. The lowest BCUT2D eigenvalue weighted by Gasteiger charge is -2.36. The van der Waals surface area contributed by atoms with Gasteiger partial charge in [0.05, 0.1) is 17.1 Å². The third-order valence-electron chi connectivity index (χ3n) is 5.11. The maximum atomic E-state index is 12.9. The second kappa shape index (κ2) is 5.73. The van der Waals surface area contributed by atoms with Crippen LogP contribution in [0, 0.1) is 5.92 Å². The van der Waals surface area contributed by atoms with Gasteiger partial charge in [-0.05, 0) is 30.2 Å². The van der Waals surface area contributed by atoms with Crippen molar-refractivity contribution >= 4 is 23.3 Å². The quantitative estimate of drug-likeness (QED) is 0.865. The minimum absolute atomic E-state index is 0.125. The van der Waals surface area contributed by atoms with E-state index in [9.17, 15) is 9.59 Å². The number of imide groups is 1. The topological polar surface area (TPSA) is 75.4 Å². The molecule has 2 atom stereocenters. The first kappa shape index (κ1) is 15.4. The molecule has 3 amide bonds. The summed E-state index contributed by atoms with van der Waals surface area (Å²) in [5.41, 5.74) is -0.141. The monoisotopic (exact) mass is 345 g/mol. The first-order valence-corrected chi connectivity index (χ1v) is 9.10. The molecule has 6 nitrogen and oxygen atoms in total. The summed E-state index contributed by atoms with van der Waals surface area (Å²) in [4.78, 5) is 31.9. The Morgan fingerprint density at radius 1 is 1.46 bits per heavy atom. The lowest BCUT2D eigenvalue weighted by Crippen LogP contribution is -2.53. The van der Waals surface area contributed by atoms with Gasteiger partial charge in [0, 0.05) is 0 Å². The van der Waals surface area contributed by atoms with Crippen molar-refractivity contribution in [2.24, 2.45) is 5.92 Å². The van der Waals surface area contributed by atoms with E-state index in [1.807, 2.05) is 24.4 Å². The van der Waals surface area contributed by atoms with Crippen LogP contribution < -0.4 is 5.32 Å². The number of aromatic nitrogens is 1. The number of rotatable bonds is 3. The third-order valence-corrected chi connectivity index (χ3v) is 5.96. The van der Waals surface area contributed by atoms with E-state index in [1.54, 1.807) is 0 Å². The van der Waals surface area contributed by atoms with Crippen LogP contribution in [0.15, 0.2) is 28.2 Å². The number of nitrogens with one attached hydrogen (secondary N) is 1. The second-order valence-corrected chi connectivity index (χ2v) is 7.51. The van der Waals surface area contributed by atoms with E-state index >= 15 is 0 Å². The van der Waals surface area contributed by atoms with E-state index in [0.29, 0.717) is 18.0 Å². The van der Waals surface area contributed by atoms with Gasteiger partial charge in [0.2, 0.25) is 5.89 Å². The molecule has 2 aromatic heterocycles. The van der Waals surface area contributed by atoms with Crippen LogP contribution in [0.3, 0.4) is 0 Å². The van der Waals surface area contributed by atoms with Gasteiger partial charge in [0.1, 0.15) is 11.8 Å². The van der Waals surface area contributed by atoms with E-state index in [1.165, 1.54) is 22.5 Å². The Balaban J connectivity index is 1.55. The number of oxazole rings is 1. The molecule has 7 heteroatoms. The highest BCUT2D eigenvalue weighted by Crippen LogP contribution is 2.38. The SMILES string of the molecule is C[C@@H]1CCCC[C@]12NC(=O)N(Cc1coc(-c3cccs3)n1)C2=O. The smallest absolute Gasteiger partial charge is 0.325 e. The molecule has 0 aromatic carbocycles. The average molecular weight is 345 g/mol. The highest BCUT2D eigenvalue weighted by atomic mass is 32.1. The first-order valence-electron chi connectivity index (χ1n) is 8.22. The summed E-state index contributed by atoms with van der Waals surface area (Å²) >= 11 is 1.53. The van der Waals surface area contributed by atoms with E-state index in [4.69, 9.17) is 4.42 Å². The number of hydrogen-bond acceptors (Lipinski definition) is 5. The summed E-state index contributed by atoms with van der Waals surface area (Å²) in [7, 11) is 0. The molecule has 2 aliphatic rings. The molecule has 3 heterocycles. The molecule has 1 N–H and O–H groups in total. The summed E-state index contributed by atoms with van der Waals surface area (Å²) in [5.74, 6) is 0.555. The highest BCUT2D eigenvalue weighted by Gasteiger charge is 2.54. The van der Waals surface area contributed by atoms with Gasteiger partial charge >= 0.3 is 6.03 Å². The summed E-state index contributed by atoms with van der Waals surface area (Å²) in [6, 6.07) is 3.52. The number of carbonyl (C=O) groups is 2. The highest BCUT2D eigenvalue weighted by molar-refractivity contribution is 7.13. The van der Waals surface area contributed by atoms with Crippen LogP contribution in [-0.2, 0) is 11.3 Å². The Labute approximate surface area is 143 Å². The van der Waals surface area contributed by atoms with Crippen molar-refractivity contribution in [3.05, 3.63) is 29.5 Å². The summed E-state index contributed by atoms with van der Waals surface area (Å²) in [6.07, 6.45) is 5.28. The van der Waals surface area contributed by atoms with Crippen LogP contribution in [0.4, 0.5) is 4.79 Å². The molecule has 0 radical (unpaired) electrons. The van der Waals surface area contributed by atoms with Crippen LogP contribution in [-0.4, -0.2) is 27.4 Å². The molecule has 126 valence electrons. The molecule has 1 saturated carbocycles. The van der Waals surface area contributed by atoms with Crippen LogP contribution >= 0.6 is 11.3 Å². The van der Waals surface area contributed by atoms with Crippen LogP contribution in [0.25, 0.3) is 10.8 Å². The molecule has 1 saturated heterocycles. The molecule has 2 aromatic rings. The average Bonchev–Trinajstić information content (AvgIpc) is 3.28. The Morgan fingerprint density at radius 2 is 2.33 bits per heavy atom. The van der Waals surface area contributed by atoms with Gasteiger partial charge in [-0.25, -0.2) is 9.78 Å². The number of hydrogen-bond donors (Lipinski definition) is 1. The predicted octanol–water partition coefficient (Wildman–Crippen LogP) is 3.40. The van der Waals surface area contributed by atoms with E-state index in [0.717, 1.165) is 24.1 Å². The van der Waals surface area contributed by atoms with Crippen molar-refractivity contribution < 1.29 is 14.0 Å². The fourth-order valence-electron chi connectivity index (χ4n) is 3.69. The Bertz CT molecular complexity index is 770. The summed E-state index contributed by atoms with van der Waals surface area (Å²) in [5, 5.41) is 4.90. The zero-order valence-electron chi connectivity index (χ0n) is 13.4. The largest absolute Gasteiger partial charge is 0.443 e. The van der Waals surface area contributed by atoms with E-state index in [2.05, 4.69) is 10.3 Å². The van der Waals surface area contributed by atoms with Crippen molar-refractivity contribution in [3.8, 4) is 10.8 Å². The Morgan fingerprint density at radius 3 is 3.08 bits per heavy atom. The fourth-order valence-corrected chi connectivity index (χ4v) is 4.35. The Hall–Kier alpha value is -2.15. The molecule has 24 heavy (non-hydrogen) atoms. The lowest BCUT2D eigenvalue weighted by molar-refractivity contribution is -0.134. The number of nitrogens with zero attached hydrogens (tertiary/aromatic N) is 2. The van der Waals surface area contributed by atoms with Crippen LogP contribution in [0.2, 0.25) is 0 Å². The van der Waals surface area contributed by atoms with Crippen molar-refractivity contribution in [1.29, 1.82) is 0 Å². The molecule has 0 unspecified atom stereocenters. The number of thiophene rings is 1. The molecule has 1 spiro atoms. The van der Waals surface area contributed by atoms with Gasteiger partial charge in [-0.2, -0.15) is 0 Å². The number of amides is 3. The minimum atomic E-state index is -0.727. The van der Waals surface area contributed by atoms with Crippen molar-refractivity contribution in [1.82, 2.24) is 15.2 Å². The number of urea groups is 1. The molecule has 4 rings (SSSR count). The van der Waals surface area contributed by atoms with E-state index in [-0.39, 0.29) is 24.4 Å². The molecular formula is C17H19N3O3S. The lowest BCUT2D eigenvalue weighted by atomic mass is 9.73. The normalized spacial score (nSPS) is 27.0. The molecular weight excluding hydrogens is 326 g/mol. The van der Waals surface area contributed by atoms with Gasteiger partial charge in [-0.1, -0.05) is 25.8 Å². The van der Waals surface area contributed by atoms with Crippen molar-refractivity contribution in [3.63, 3.8) is 0 Å². The molecule has 1 aliphatic carbocycles. The summed E-state index contributed by atoms with van der Waals surface area (Å²) in [6.45, 7) is 2.19. The van der Waals surface area contributed by atoms with Crippen molar-refractivity contribution in [2.75, 3.05) is 0 Å². The van der Waals surface area contributed by atoms with Gasteiger partial charge in [-0.3, -0.25) is 9.69 Å². The van der Waals surface area contributed by atoms with Gasteiger partial charge in [0.25, 0.3) is 5.91 Å². The third kappa shape index (κ3) is 2.34. The number of carbonyl (C=O) groups excluding carboxylic acids is 2. The van der Waals surface area contributed by atoms with Gasteiger partial charge < -0.3 is 9.73 Å². The molecule has 1 aliphatic heterocycles.